The summed E-state index contributed by atoms with van der Waals surface area (Å²) in [5, 5.41) is 0.802. The molecule has 0 aliphatic carbocycles. The van der Waals surface area contributed by atoms with Crippen LogP contribution >= 0.6 is 58.2 Å². The Kier molecular flexibility index (Phi) is 8.36. The molecule has 0 radical (unpaired) electrons. The third-order valence-corrected chi connectivity index (χ3v) is 6.23. The fourth-order valence-corrected chi connectivity index (χ4v) is 4.63. The van der Waals surface area contributed by atoms with E-state index >= 15 is 0 Å². The van der Waals surface area contributed by atoms with E-state index in [9.17, 15) is 14.4 Å². The summed E-state index contributed by atoms with van der Waals surface area (Å²) in [5.41, 5.74) is 1.18. The molecular formula is C21H15Cl4NO5S. The molecule has 3 rings (SSSR count). The second-order valence-electron chi connectivity index (χ2n) is 6.41. The Bertz CT molecular complexity index is 1100. The maximum absolute atomic E-state index is 12.5. The van der Waals surface area contributed by atoms with E-state index < -0.39 is 23.7 Å². The molecule has 0 saturated carbocycles. The van der Waals surface area contributed by atoms with Gasteiger partial charge in [0.2, 0.25) is 0 Å². The van der Waals surface area contributed by atoms with Gasteiger partial charge in [-0.2, -0.15) is 0 Å². The van der Waals surface area contributed by atoms with Crippen molar-refractivity contribution < 1.29 is 23.9 Å². The molecule has 1 saturated heterocycles. The maximum Gasteiger partial charge on any atom is 0.326 e. The molecule has 0 atom stereocenters. The van der Waals surface area contributed by atoms with Crippen LogP contribution in [0.2, 0.25) is 20.1 Å². The van der Waals surface area contributed by atoms with Crippen LogP contribution in [0.15, 0.2) is 35.2 Å². The van der Waals surface area contributed by atoms with E-state index in [0.29, 0.717) is 32.9 Å². The molecule has 0 unspecified atom stereocenters. The zero-order chi connectivity index (χ0) is 23.4. The Labute approximate surface area is 208 Å². The van der Waals surface area contributed by atoms with Gasteiger partial charge in [0.1, 0.15) is 13.2 Å². The molecule has 1 aliphatic heterocycles. The summed E-state index contributed by atoms with van der Waals surface area (Å²) in [6, 6.07) is 8.11. The number of carbonyl (C=O) groups excluding carboxylic acids is 3. The van der Waals surface area contributed by atoms with Crippen molar-refractivity contribution in [1.82, 2.24) is 4.90 Å². The average Bonchev–Trinajstić information content (AvgIpc) is 2.96. The Morgan fingerprint density at radius 2 is 1.75 bits per heavy atom. The van der Waals surface area contributed by atoms with E-state index in [1.165, 1.54) is 6.08 Å². The molecule has 1 fully saturated rings. The van der Waals surface area contributed by atoms with Crippen molar-refractivity contribution in [3.63, 3.8) is 0 Å². The minimum absolute atomic E-state index is 0.113. The molecule has 11 heteroatoms. The van der Waals surface area contributed by atoms with Crippen LogP contribution in [0.3, 0.4) is 0 Å². The SMILES string of the molecule is CCOC(=O)CN1C(=O)S/C(=C\c2cc(Cl)c(OCc3ccc(Cl)cc3Cl)c(Cl)c2)C1=O. The number of amides is 2. The second-order valence-corrected chi connectivity index (χ2v) is 9.06. The van der Waals surface area contributed by atoms with Gasteiger partial charge in [0.05, 0.1) is 21.6 Å². The van der Waals surface area contributed by atoms with E-state index in [1.54, 1.807) is 37.3 Å². The number of esters is 1. The van der Waals surface area contributed by atoms with Crippen LogP contribution < -0.4 is 4.74 Å². The zero-order valence-corrected chi connectivity index (χ0v) is 20.3. The van der Waals surface area contributed by atoms with Crippen LogP contribution in [0.25, 0.3) is 6.08 Å². The minimum Gasteiger partial charge on any atom is -0.486 e. The number of rotatable bonds is 7. The molecule has 2 amide bonds. The Hall–Kier alpha value is -1.90. The summed E-state index contributed by atoms with van der Waals surface area (Å²) in [7, 11) is 0. The molecule has 2 aromatic carbocycles. The molecule has 168 valence electrons. The maximum atomic E-state index is 12.5. The Morgan fingerprint density at radius 3 is 2.38 bits per heavy atom. The van der Waals surface area contributed by atoms with Gasteiger partial charge in [-0.15, -0.1) is 0 Å². The lowest BCUT2D eigenvalue weighted by Crippen LogP contribution is -2.34. The van der Waals surface area contributed by atoms with Crippen molar-refractivity contribution in [2.75, 3.05) is 13.2 Å². The molecule has 0 bridgehead atoms. The van der Waals surface area contributed by atoms with Gasteiger partial charge in [-0.1, -0.05) is 52.5 Å². The number of nitrogens with zero attached hydrogens (tertiary/aromatic N) is 1. The van der Waals surface area contributed by atoms with Crippen LogP contribution in [-0.4, -0.2) is 35.2 Å². The van der Waals surface area contributed by atoms with E-state index in [-0.39, 0.29) is 33.9 Å². The predicted octanol–water partition coefficient (Wildman–Crippen LogP) is 6.48. The number of imide groups is 1. The largest absolute Gasteiger partial charge is 0.486 e. The van der Waals surface area contributed by atoms with Gasteiger partial charge in [0.15, 0.2) is 5.75 Å². The summed E-state index contributed by atoms with van der Waals surface area (Å²) < 4.78 is 10.5. The average molecular weight is 535 g/mol. The summed E-state index contributed by atoms with van der Waals surface area (Å²) in [4.78, 5) is 37.2. The number of thioether (sulfide) groups is 1. The van der Waals surface area contributed by atoms with Crippen LogP contribution in [0.5, 0.6) is 5.75 Å². The van der Waals surface area contributed by atoms with Crippen molar-refractivity contribution in [2.45, 2.75) is 13.5 Å². The van der Waals surface area contributed by atoms with Gasteiger partial charge >= 0.3 is 5.97 Å². The molecule has 1 aliphatic rings. The van der Waals surface area contributed by atoms with Crippen molar-refractivity contribution in [2.24, 2.45) is 0 Å². The van der Waals surface area contributed by atoms with Gasteiger partial charge in [-0.25, -0.2) is 0 Å². The number of benzene rings is 2. The van der Waals surface area contributed by atoms with Crippen LogP contribution in [-0.2, 0) is 20.9 Å². The lowest BCUT2D eigenvalue weighted by Gasteiger charge is -2.12. The molecular weight excluding hydrogens is 520 g/mol. The first kappa shape index (κ1) is 24.7. The smallest absolute Gasteiger partial charge is 0.326 e. The highest BCUT2D eigenvalue weighted by Gasteiger charge is 2.36. The van der Waals surface area contributed by atoms with Crippen LogP contribution in [0.1, 0.15) is 18.1 Å². The van der Waals surface area contributed by atoms with Crippen LogP contribution in [0.4, 0.5) is 4.79 Å². The highest BCUT2D eigenvalue weighted by Crippen LogP contribution is 2.38. The number of ether oxygens (including phenoxy) is 2. The van der Waals surface area contributed by atoms with Crippen molar-refractivity contribution in [1.29, 1.82) is 0 Å². The van der Waals surface area contributed by atoms with Gasteiger partial charge < -0.3 is 9.47 Å². The minimum atomic E-state index is -0.663. The van der Waals surface area contributed by atoms with Crippen molar-refractivity contribution >= 4 is 81.4 Å². The van der Waals surface area contributed by atoms with Gasteiger partial charge in [0, 0.05) is 15.6 Å². The molecule has 2 aromatic rings. The van der Waals surface area contributed by atoms with Gasteiger partial charge in [-0.3, -0.25) is 19.3 Å². The molecule has 0 aromatic heterocycles. The van der Waals surface area contributed by atoms with Gasteiger partial charge in [0.25, 0.3) is 11.1 Å². The molecule has 0 N–H and O–H groups in total. The first-order valence-corrected chi connectivity index (χ1v) is 11.5. The van der Waals surface area contributed by atoms with E-state index in [2.05, 4.69) is 0 Å². The third-order valence-electron chi connectivity index (χ3n) is 4.17. The fraction of sp³-hybridized carbons (Fsp3) is 0.190. The zero-order valence-electron chi connectivity index (χ0n) is 16.5. The monoisotopic (exact) mass is 533 g/mol. The lowest BCUT2D eigenvalue weighted by molar-refractivity contribution is -0.145. The standard InChI is InChI=1S/C21H15Cl4NO5S/c1-2-30-18(27)9-26-20(28)17(32-21(26)29)7-11-5-15(24)19(16(25)6-11)31-10-12-3-4-13(22)8-14(12)23/h3-8H,2,9-10H2,1H3/b17-7-. The van der Waals surface area contributed by atoms with E-state index in [0.717, 1.165) is 4.90 Å². The summed E-state index contributed by atoms with van der Waals surface area (Å²) in [6.45, 7) is 1.45. The first-order valence-electron chi connectivity index (χ1n) is 9.16. The topological polar surface area (TPSA) is 72.9 Å². The van der Waals surface area contributed by atoms with Crippen molar-refractivity contribution in [3.8, 4) is 5.75 Å². The Morgan fingerprint density at radius 1 is 1.06 bits per heavy atom. The summed E-state index contributed by atoms with van der Waals surface area (Å²) in [6.07, 6.45) is 1.47. The normalized spacial score (nSPS) is 14.9. The molecule has 32 heavy (non-hydrogen) atoms. The third kappa shape index (κ3) is 5.91. The highest BCUT2D eigenvalue weighted by atomic mass is 35.5. The van der Waals surface area contributed by atoms with Gasteiger partial charge in [-0.05, 0) is 54.6 Å². The lowest BCUT2D eigenvalue weighted by atomic mass is 10.2. The molecule has 0 spiro atoms. The fourth-order valence-electron chi connectivity index (χ4n) is 2.71. The van der Waals surface area contributed by atoms with Crippen molar-refractivity contribution in [3.05, 3.63) is 66.5 Å². The predicted molar refractivity (Wildman–Crippen MR) is 127 cm³/mol. The number of hydrogen-bond acceptors (Lipinski definition) is 6. The first-order chi connectivity index (χ1) is 15.2. The van der Waals surface area contributed by atoms with Crippen LogP contribution in [0, 0.1) is 0 Å². The van der Waals surface area contributed by atoms with E-state index in [4.69, 9.17) is 55.9 Å². The quantitative estimate of drug-likeness (QED) is 0.299. The Balaban J connectivity index is 1.76. The van der Waals surface area contributed by atoms with E-state index in [1.807, 2.05) is 0 Å². The second kappa shape index (κ2) is 10.8. The number of hydrogen-bond donors (Lipinski definition) is 0. The number of carbonyl (C=O) groups is 3. The highest BCUT2D eigenvalue weighted by molar-refractivity contribution is 8.18. The molecule has 6 nitrogen and oxygen atoms in total. The summed E-state index contributed by atoms with van der Waals surface area (Å²) >= 11 is 25.4. The summed E-state index contributed by atoms with van der Waals surface area (Å²) in [5.74, 6) is -1.02. The molecule has 1 heterocycles. The number of halogens is 4.